The van der Waals surface area contributed by atoms with Crippen LogP contribution in [0.25, 0.3) is 0 Å². The maximum Gasteiger partial charge on any atom is 0.326 e. The van der Waals surface area contributed by atoms with Crippen molar-refractivity contribution >= 4 is 46.6 Å². The average molecular weight is 394 g/mol. The molecule has 2 unspecified atom stereocenters. The van der Waals surface area contributed by atoms with Gasteiger partial charge < -0.3 is 16.2 Å². The first-order valence-corrected chi connectivity index (χ1v) is 8.67. The van der Waals surface area contributed by atoms with Gasteiger partial charge in [0, 0.05) is 33.4 Å². The number of carbonyl (C=O) groups is 2. The second kappa shape index (κ2) is 7.05. The quantitative estimate of drug-likeness (QED) is 0.727. The van der Waals surface area contributed by atoms with Crippen LogP contribution in [0.2, 0.25) is 10.0 Å². The number of benzene rings is 2. The third-order valence-electron chi connectivity index (χ3n) is 4.34. The number of aryl methyl sites for hydroxylation is 1. The van der Waals surface area contributed by atoms with Gasteiger partial charge in [-0.15, -0.1) is 0 Å². The molecule has 0 spiro atoms. The van der Waals surface area contributed by atoms with Crippen molar-refractivity contribution in [3.63, 3.8) is 0 Å². The van der Waals surface area contributed by atoms with Gasteiger partial charge in [0.2, 0.25) is 0 Å². The number of carboxylic acid groups (broad SMARTS) is 1. The predicted molar refractivity (Wildman–Crippen MR) is 102 cm³/mol. The summed E-state index contributed by atoms with van der Waals surface area (Å²) < 4.78 is 0. The van der Waals surface area contributed by atoms with Gasteiger partial charge in [0.1, 0.15) is 6.04 Å². The molecule has 0 fully saturated rings. The summed E-state index contributed by atoms with van der Waals surface area (Å²) in [5, 5.41) is 13.1. The summed E-state index contributed by atoms with van der Waals surface area (Å²) in [6.07, 6.45) is 0.112. The van der Waals surface area contributed by atoms with Crippen molar-refractivity contribution in [1.82, 2.24) is 0 Å². The van der Waals surface area contributed by atoms with Gasteiger partial charge in [-0.25, -0.2) is 9.59 Å². The lowest BCUT2D eigenvalue weighted by molar-refractivity contribution is -0.138. The second-order valence-electron chi connectivity index (χ2n) is 6.18. The minimum atomic E-state index is -1.04. The monoisotopic (exact) mass is 393 g/mol. The zero-order valence-electron chi connectivity index (χ0n) is 13.9. The van der Waals surface area contributed by atoms with E-state index in [1.807, 2.05) is 19.1 Å². The Labute approximate surface area is 160 Å². The Kier molecular flexibility index (Phi) is 4.98. The van der Waals surface area contributed by atoms with Crippen LogP contribution in [0, 0.1) is 6.92 Å². The van der Waals surface area contributed by atoms with E-state index in [2.05, 4.69) is 5.32 Å². The number of amides is 2. The normalized spacial score (nSPS) is 18.6. The highest BCUT2D eigenvalue weighted by atomic mass is 35.5. The molecule has 0 bridgehead atoms. The Bertz CT molecular complexity index is 888. The summed E-state index contributed by atoms with van der Waals surface area (Å²) in [6, 6.07) is 8.18. The maximum absolute atomic E-state index is 12.3. The lowest BCUT2D eigenvalue weighted by Gasteiger charge is -2.38. The molecule has 2 aromatic carbocycles. The van der Waals surface area contributed by atoms with Crippen molar-refractivity contribution in [3.8, 4) is 0 Å². The molecule has 6 nitrogen and oxygen atoms in total. The van der Waals surface area contributed by atoms with Gasteiger partial charge in [-0.3, -0.25) is 4.90 Å². The van der Waals surface area contributed by atoms with E-state index < -0.39 is 24.1 Å². The van der Waals surface area contributed by atoms with Gasteiger partial charge >= 0.3 is 12.0 Å². The first kappa shape index (κ1) is 18.4. The van der Waals surface area contributed by atoms with E-state index >= 15 is 0 Å². The smallest absolute Gasteiger partial charge is 0.326 e. The number of halogens is 2. The number of anilines is 2. The van der Waals surface area contributed by atoms with Crippen LogP contribution in [-0.2, 0) is 4.79 Å². The van der Waals surface area contributed by atoms with E-state index in [1.54, 1.807) is 24.3 Å². The molecule has 26 heavy (non-hydrogen) atoms. The largest absolute Gasteiger partial charge is 0.480 e. The van der Waals surface area contributed by atoms with E-state index in [1.165, 1.54) is 4.90 Å². The standard InChI is InChI=1S/C18H17Cl2N3O3/c1-9-3-2-4-11(5-9)23(18(21)26)15-8-14(17(24)25)22-13-7-10(19)6-12(20)16(13)15/h2-7,14-15,22H,8H2,1H3,(H2,21,26)(H,24,25). The highest BCUT2D eigenvalue weighted by molar-refractivity contribution is 6.35. The van der Waals surface area contributed by atoms with Crippen molar-refractivity contribution in [2.75, 3.05) is 10.2 Å². The molecule has 0 aromatic heterocycles. The molecule has 1 heterocycles. The molecule has 8 heteroatoms. The number of hydrogen-bond donors (Lipinski definition) is 3. The molecule has 2 atom stereocenters. The highest BCUT2D eigenvalue weighted by Crippen LogP contribution is 2.44. The van der Waals surface area contributed by atoms with Gasteiger partial charge in [-0.2, -0.15) is 0 Å². The van der Waals surface area contributed by atoms with Crippen molar-refractivity contribution in [2.24, 2.45) is 5.73 Å². The van der Waals surface area contributed by atoms with Gasteiger partial charge in [-0.05, 0) is 36.8 Å². The topological polar surface area (TPSA) is 95.7 Å². The number of urea groups is 1. The molecule has 0 saturated heterocycles. The molecule has 1 aliphatic rings. The van der Waals surface area contributed by atoms with Crippen LogP contribution < -0.4 is 16.0 Å². The Morgan fingerprint density at radius 2 is 2.00 bits per heavy atom. The fourth-order valence-electron chi connectivity index (χ4n) is 3.27. The van der Waals surface area contributed by atoms with Crippen LogP contribution >= 0.6 is 23.2 Å². The summed E-state index contributed by atoms with van der Waals surface area (Å²) in [6.45, 7) is 1.89. The van der Waals surface area contributed by atoms with Gasteiger partial charge in [0.15, 0.2) is 0 Å². The van der Waals surface area contributed by atoms with Gasteiger partial charge in [-0.1, -0.05) is 35.3 Å². The molecule has 2 amide bonds. The first-order chi connectivity index (χ1) is 12.3. The van der Waals surface area contributed by atoms with Crippen LogP contribution in [0.15, 0.2) is 36.4 Å². The number of nitrogens with one attached hydrogen (secondary N) is 1. The van der Waals surface area contributed by atoms with Crippen molar-refractivity contribution in [1.29, 1.82) is 0 Å². The van der Waals surface area contributed by atoms with E-state index in [4.69, 9.17) is 28.9 Å². The van der Waals surface area contributed by atoms with Crippen molar-refractivity contribution < 1.29 is 14.7 Å². The minimum absolute atomic E-state index is 0.112. The van der Waals surface area contributed by atoms with Crippen LogP contribution in [0.3, 0.4) is 0 Å². The van der Waals surface area contributed by atoms with Crippen LogP contribution in [0.5, 0.6) is 0 Å². The molecular weight excluding hydrogens is 377 g/mol. The average Bonchev–Trinajstić information content (AvgIpc) is 2.53. The Balaban J connectivity index is 2.17. The fourth-order valence-corrected chi connectivity index (χ4v) is 3.89. The second-order valence-corrected chi connectivity index (χ2v) is 7.03. The van der Waals surface area contributed by atoms with Crippen molar-refractivity contribution in [2.45, 2.75) is 25.4 Å². The third kappa shape index (κ3) is 3.43. The fraction of sp³-hybridized carbons (Fsp3) is 0.222. The Morgan fingerprint density at radius 3 is 2.62 bits per heavy atom. The van der Waals surface area contributed by atoms with Crippen LogP contribution in [0.4, 0.5) is 16.2 Å². The molecule has 136 valence electrons. The third-order valence-corrected chi connectivity index (χ3v) is 4.87. The molecule has 4 N–H and O–H groups in total. The highest BCUT2D eigenvalue weighted by Gasteiger charge is 2.38. The zero-order chi connectivity index (χ0) is 19.0. The van der Waals surface area contributed by atoms with Gasteiger partial charge in [0.05, 0.1) is 6.04 Å². The number of hydrogen-bond acceptors (Lipinski definition) is 3. The molecule has 0 aliphatic carbocycles. The summed E-state index contributed by atoms with van der Waals surface area (Å²) in [7, 11) is 0. The number of carboxylic acids is 1. The first-order valence-electron chi connectivity index (χ1n) is 7.91. The summed E-state index contributed by atoms with van der Waals surface area (Å²) in [4.78, 5) is 25.3. The number of aliphatic carboxylic acids is 1. The number of fused-ring (bicyclic) bond motifs is 1. The van der Waals surface area contributed by atoms with E-state index in [0.29, 0.717) is 27.0 Å². The summed E-state index contributed by atoms with van der Waals surface area (Å²) in [5.74, 6) is -1.04. The van der Waals surface area contributed by atoms with Crippen LogP contribution in [-0.4, -0.2) is 23.1 Å². The number of rotatable bonds is 3. The molecule has 3 rings (SSSR count). The van der Waals surface area contributed by atoms with Gasteiger partial charge in [0.25, 0.3) is 0 Å². The molecule has 0 saturated carbocycles. The molecule has 2 aromatic rings. The molecule has 0 radical (unpaired) electrons. The van der Waals surface area contributed by atoms with Crippen LogP contribution in [0.1, 0.15) is 23.6 Å². The summed E-state index contributed by atoms with van der Waals surface area (Å²) in [5.41, 5.74) is 8.25. The lowest BCUT2D eigenvalue weighted by atomic mass is 9.91. The van der Waals surface area contributed by atoms with E-state index in [9.17, 15) is 14.7 Å². The molecular formula is C18H17Cl2N3O3. The van der Waals surface area contributed by atoms with Crippen molar-refractivity contribution in [3.05, 3.63) is 57.6 Å². The number of primary amides is 1. The minimum Gasteiger partial charge on any atom is -0.480 e. The zero-order valence-corrected chi connectivity index (χ0v) is 15.4. The number of nitrogens with zero attached hydrogens (tertiary/aromatic N) is 1. The number of nitrogens with two attached hydrogens (primary N) is 1. The predicted octanol–water partition coefficient (Wildman–Crippen LogP) is 4.20. The Hall–Kier alpha value is -2.44. The summed E-state index contributed by atoms with van der Waals surface area (Å²) >= 11 is 12.4. The van der Waals surface area contributed by atoms with E-state index in [-0.39, 0.29) is 6.42 Å². The van der Waals surface area contributed by atoms with E-state index in [0.717, 1.165) is 5.56 Å². The Morgan fingerprint density at radius 1 is 1.27 bits per heavy atom. The maximum atomic E-state index is 12.3. The SMILES string of the molecule is Cc1cccc(N(C(N)=O)C2CC(C(=O)O)Nc3cc(Cl)cc(Cl)c32)c1. The molecule has 1 aliphatic heterocycles. The number of carbonyl (C=O) groups excluding carboxylic acids is 1. The lowest BCUT2D eigenvalue weighted by Crippen LogP contribution is -2.45.